The van der Waals surface area contributed by atoms with E-state index >= 15 is 0 Å². The number of carbonyl (C=O) groups is 1. The van der Waals surface area contributed by atoms with Crippen LogP contribution < -0.4 is 5.32 Å². The fraction of sp³-hybridized carbons (Fsp3) is 0.200. The molecule has 1 aromatic heterocycles. The predicted molar refractivity (Wildman–Crippen MR) is 108 cm³/mol. The van der Waals surface area contributed by atoms with Gasteiger partial charge in [0.05, 0.1) is 10.6 Å². The number of carbonyl (C=O) groups excluding carboxylic acids is 1. The van der Waals surface area contributed by atoms with E-state index in [0.717, 1.165) is 0 Å². The monoisotopic (exact) mass is 435 g/mol. The number of aromatic nitrogens is 2. The molecule has 2 aromatic carbocycles. The molecule has 1 atom stereocenters. The molecule has 0 spiro atoms. The highest BCUT2D eigenvalue weighted by molar-refractivity contribution is 7.91. The summed E-state index contributed by atoms with van der Waals surface area (Å²) in [5.74, 6) is -0.657. The van der Waals surface area contributed by atoms with Crippen LogP contribution in [-0.4, -0.2) is 29.6 Å². The molecular formula is C20H19ClFN3O3S. The van der Waals surface area contributed by atoms with E-state index in [4.69, 9.17) is 11.6 Å². The van der Waals surface area contributed by atoms with Crippen LogP contribution in [0.2, 0.25) is 5.02 Å². The van der Waals surface area contributed by atoms with Crippen molar-refractivity contribution in [3.63, 3.8) is 0 Å². The average Bonchev–Trinajstić information content (AvgIpc) is 3.11. The summed E-state index contributed by atoms with van der Waals surface area (Å²) in [6.07, 6.45) is 3.08. The Morgan fingerprint density at radius 2 is 1.83 bits per heavy atom. The van der Waals surface area contributed by atoms with Crippen LogP contribution in [0.5, 0.6) is 0 Å². The van der Waals surface area contributed by atoms with E-state index in [-0.39, 0.29) is 17.1 Å². The number of hydrogen-bond donors (Lipinski definition) is 1. The SMILES string of the molecule is Cn1ccnc1C(NC(=O)CCS(=O)(=O)c1ccc(Cl)cc1)c1ccc(F)cc1. The Kier molecular flexibility index (Phi) is 6.34. The Bertz CT molecular complexity index is 1100. The first kappa shape index (κ1) is 21.0. The third-order valence-electron chi connectivity index (χ3n) is 4.40. The van der Waals surface area contributed by atoms with Gasteiger partial charge in [-0.1, -0.05) is 23.7 Å². The van der Waals surface area contributed by atoms with Crippen LogP contribution in [-0.2, 0) is 21.7 Å². The van der Waals surface area contributed by atoms with E-state index in [1.54, 1.807) is 36.1 Å². The Balaban J connectivity index is 1.74. The van der Waals surface area contributed by atoms with Gasteiger partial charge >= 0.3 is 0 Å². The van der Waals surface area contributed by atoms with Gasteiger partial charge in [-0.3, -0.25) is 4.79 Å². The molecule has 1 unspecified atom stereocenters. The summed E-state index contributed by atoms with van der Waals surface area (Å²) < 4.78 is 39.9. The number of halogens is 2. The van der Waals surface area contributed by atoms with Gasteiger partial charge in [-0.2, -0.15) is 0 Å². The minimum absolute atomic E-state index is 0.105. The maximum Gasteiger partial charge on any atom is 0.221 e. The Labute approximate surface area is 173 Å². The molecule has 0 bridgehead atoms. The minimum atomic E-state index is -3.63. The summed E-state index contributed by atoms with van der Waals surface area (Å²) in [6, 6.07) is 10.8. The number of nitrogens with one attached hydrogen (secondary N) is 1. The number of imidazole rings is 1. The molecule has 0 aliphatic heterocycles. The van der Waals surface area contributed by atoms with Gasteiger partial charge in [0.2, 0.25) is 5.91 Å². The molecule has 6 nitrogen and oxygen atoms in total. The minimum Gasteiger partial charge on any atom is -0.342 e. The van der Waals surface area contributed by atoms with E-state index < -0.39 is 27.6 Å². The van der Waals surface area contributed by atoms with Crippen molar-refractivity contribution in [2.75, 3.05) is 5.75 Å². The second kappa shape index (κ2) is 8.75. The molecule has 29 heavy (non-hydrogen) atoms. The van der Waals surface area contributed by atoms with Crippen LogP contribution in [0.25, 0.3) is 0 Å². The number of rotatable bonds is 7. The fourth-order valence-electron chi connectivity index (χ4n) is 2.83. The van der Waals surface area contributed by atoms with Gasteiger partial charge in [-0.15, -0.1) is 0 Å². The highest BCUT2D eigenvalue weighted by atomic mass is 35.5. The topological polar surface area (TPSA) is 81.1 Å². The van der Waals surface area contributed by atoms with Crippen LogP contribution in [0.15, 0.2) is 65.8 Å². The molecule has 0 aliphatic carbocycles. The van der Waals surface area contributed by atoms with E-state index in [9.17, 15) is 17.6 Å². The first-order valence-electron chi connectivity index (χ1n) is 8.76. The van der Waals surface area contributed by atoms with Gasteiger partial charge < -0.3 is 9.88 Å². The summed E-state index contributed by atoms with van der Waals surface area (Å²) in [6.45, 7) is 0. The maximum atomic E-state index is 13.3. The number of nitrogens with zero attached hydrogens (tertiary/aromatic N) is 2. The zero-order valence-corrected chi connectivity index (χ0v) is 17.1. The Morgan fingerprint density at radius 1 is 1.17 bits per heavy atom. The van der Waals surface area contributed by atoms with Crippen molar-refractivity contribution in [2.45, 2.75) is 17.4 Å². The standard InChI is InChI=1S/C20H19ClFN3O3S/c1-25-12-11-23-20(25)19(14-2-6-16(22)7-3-14)24-18(26)10-13-29(27,28)17-8-4-15(21)5-9-17/h2-9,11-12,19H,10,13H2,1H3,(H,24,26). The zero-order valence-electron chi connectivity index (χ0n) is 15.5. The molecule has 152 valence electrons. The molecule has 1 N–H and O–H groups in total. The molecule has 9 heteroatoms. The molecule has 0 radical (unpaired) electrons. The lowest BCUT2D eigenvalue weighted by atomic mass is 10.1. The smallest absolute Gasteiger partial charge is 0.221 e. The van der Waals surface area contributed by atoms with Gasteiger partial charge in [0.15, 0.2) is 9.84 Å². The van der Waals surface area contributed by atoms with Crippen molar-refractivity contribution >= 4 is 27.3 Å². The largest absolute Gasteiger partial charge is 0.342 e. The van der Waals surface area contributed by atoms with Gasteiger partial charge in [0, 0.05) is 30.9 Å². The highest BCUT2D eigenvalue weighted by Gasteiger charge is 2.22. The van der Waals surface area contributed by atoms with Crippen LogP contribution in [0.4, 0.5) is 4.39 Å². The quantitative estimate of drug-likeness (QED) is 0.617. The van der Waals surface area contributed by atoms with Crippen LogP contribution >= 0.6 is 11.6 Å². The molecular weight excluding hydrogens is 417 g/mol. The lowest BCUT2D eigenvalue weighted by Crippen LogP contribution is -2.32. The van der Waals surface area contributed by atoms with Gasteiger partial charge in [-0.25, -0.2) is 17.8 Å². The van der Waals surface area contributed by atoms with Gasteiger partial charge in [0.25, 0.3) is 0 Å². The number of benzene rings is 2. The van der Waals surface area contributed by atoms with Crippen molar-refractivity contribution < 1.29 is 17.6 Å². The van der Waals surface area contributed by atoms with Gasteiger partial charge in [0.1, 0.15) is 17.7 Å². The number of amides is 1. The Hall–Kier alpha value is -2.71. The van der Waals surface area contributed by atoms with Crippen molar-refractivity contribution in [1.82, 2.24) is 14.9 Å². The maximum absolute atomic E-state index is 13.3. The first-order chi connectivity index (χ1) is 13.8. The summed E-state index contributed by atoms with van der Waals surface area (Å²) in [7, 11) is -1.86. The molecule has 0 saturated carbocycles. The van der Waals surface area contributed by atoms with E-state index in [2.05, 4.69) is 10.3 Å². The summed E-state index contributed by atoms with van der Waals surface area (Å²) in [5, 5.41) is 3.23. The summed E-state index contributed by atoms with van der Waals surface area (Å²) >= 11 is 5.79. The first-order valence-corrected chi connectivity index (χ1v) is 10.8. The second-order valence-electron chi connectivity index (χ2n) is 6.47. The third-order valence-corrected chi connectivity index (χ3v) is 6.38. The molecule has 3 rings (SSSR count). The Morgan fingerprint density at radius 3 is 2.41 bits per heavy atom. The van der Waals surface area contributed by atoms with Crippen LogP contribution in [0, 0.1) is 5.82 Å². The second-order valence-corrected chi connectivity index (χ2v) is 9.02. The van der Waals surface area contributed by atoms with Crippen molar-refractivity contribution in [2.24, 2.45) is 7.05 Å². The number of hydrogen-bond acceptors (Lipinski definition) is 4. The number of aryl methyl sites for hydroxylation is 1. The summed E-state index contributed by atoms with van der Waals surface area (Å²) in [5.41, 5.74) is 0.634. The fourth-order valence-corrected chi connectivity index (χ4v) is 4.19. The van der Waals surface area contributed by atoms with Crippen LogP contribution in [0.1, 0.15) is 23.9 Å². The van der Waals surface area contributed by atoms with Gasteiger partial charge in [-0.05, 0) is 42.0 Å². The number of sulfone groups is 1. The predicted octanol–water partition coefficient (Wildman–Crippen LogP) is 3.28. The molecule has 1 heterocycles. The van der Waals surface area contributed by atoms with Crippen molar-refractivity contribution in [3.8, 4) is 0 Å². The average molecular weight is 436 g/mol. The lowest BCUT2D eigenvalue weighted by molar-refractivity contribution is -0.121. The van der Waals surface area contributed by atoms with E-state index in [1.165, 1.54) is 36.4 Å². The summed E-state index contributed by atoms with van der Waals surface area (Å²) in [4.78, 5) is 16.9. The molecule has 1 amide bonds. The molecule has 3 aromatic rings. The third kappa shape index (κ3) is 5.21. The van der Waals surface area contributed by atoms with E-state index in [1.807, 2.05) is 0 Å². The molecule has 0 saturated heterocycles. The van der Waals surface area contributed by atoms with Crippen molar-refractivity contribution in [3.05, 3.63) is 83.2 Å². The molecule has 0 fully saturated rings. The zero-order chi connectivity index (χ0) is 21.0. The van der Waals surface area contributed by atoms with E-state index in [0.29, 0.717) is 16.4 Å². The van der Waals surface area contributed by atoms with Crippen LogP contribution in [0.3, 0.4) is 0 Å². The van der Waals surface area contributed by atoms with Crippen molar-refractivity contribution in [1.29, 1.82) is 0 Å². The lowest BCUT2D eigenvalue weighted by Gasteiger charge is -2.19. The molecule has 0 aliphatic rings. The normalized spacial score (nSPS) is 12.5. The highest BCUT2D eigenvalue weighted by Crippen LogP contribution is 2.21.